The smallest absolute Gasteiger partial charge is 0.238 e. The number of ether oxygens (including phenoxy) is 1. The molecule has 4 rings (SSSR count). The molecule has 2 aromatic carbocycles. The Hall–Kier alpha value is -1.31. The number of hydrogen-bond donors (Lipinski definition) is 1. The van der Waals surface area contributed by atoms with E-state index in [9.17, 15) is 8.42 Å². The molecule has 1 heterocycles. The lowest BCUT2D eigenvalue weighted by Crippen LogP contribution is -2.38. The molecule has 0 bridgehead atoms. The summed E-state index contributed by atoms with van der Waals surface area (Å²) in [6.07, 6.45) is 3.06. The lowest BCUT2D eigenvalue weighted by atomic mass is 10.1. The van der Waals surface area contributed by atoms with Gasteiger partial charge < -0.3 is 4.74 Å². The fraction of sp³-hybridized carbons (Fsp3) is 0.368. The van der Waals surface area contributed by atoms with Gasteiger partial charge in [-0.1, -0.05) is 47.5 Å². The van der Waals surface area contributed by atoms with Crippen LogP contribution >= 0.6 is 23.2 Å². The Balaban J connectivity index is 1.71. The van der Waals surface area contributed by atoms with Crippen LogP contribution in [0.1, 0.15) is 30.1 Å². The lowest BCUT2D eigenvalue weighted by molar-refractivity contribution is 0.0942. The molecule has 5 nitrogen and oxygen atoms in total. The van der Waals surface area contributed by atoms with E-state index in [2.05, 4.69) is 17.0 Å². The van der Waals surface area contributed by atoms with Crippen molar-refractivity contribution in [1.82, 2.24) is 4.90 Å². The van der Waals surface area contributed by atoms with Gasteiger partial charge in [-0.3, -0.25) is 4.90 Å². The quantitative estimate of drug-likeness (QED) is 0.806. The highest BCUT2D eigenvalue weighted by Gasteiger charge is 2.39. The summed E-state index contributed by atoms with van der Waals surface area (Å²) in [5.74, 6) is 0.289. The first-order chi connectivity index (χ1) is 12.8. The molecule has 27 heavy (non-hydrogen) atoms. The Bertz CT molecular complexity index is 952. The number of nitrogens with two attached hydrogens (primary N) is 1. The molecule has 2 aliphatic rings. The van der Waals surface area contributed by atoms with E-state index in [-0.39, 0.29) is 32.8 Å². The zero-order valence-corrected chi connectivity index (χ0v) is 16.9. The largest absolute Gasteiger partial charge is 0.481 e. The number of nitrogens with zero attached hydrogens (tertiary/aromatic N) is 1. The highest BCUT2D eigenvalue weighted by atomic mass is 35.5. The molecule has 1 aliphatic heterocycles. The molecule has 144 valence electrons. The molecule has 0 saturated carbocycles. The number of benzene rings is 2. The highest BCUT2D eigenvalue weighted by molar-refractivity contribution is 7.89. The second kappa shape index (κ2) is 7.26. The summed E-state index contributed by atoms with van der Waals surface area (Å²) in [7, 11) is -3.90. The monoisotopic (exact) mass is 426 g/mol. The number of likely N-dealkylation sites (tertiary alicyclic amines) is 1. The first kappa shape index (κ1) is 19.0. The van der Waals surface area contributed by atoms with Gasteiger partial charge >= 0.3 is 0 Å². The molecule has 0 spiro atoms. The Morgan fingerprint density at radius 2 is 1.70 bits per heavy atom. The van der Waals surface area contributed by atoms with Crippen molar-refractivity contribution in [3.05, 3.63) is 57.6 Å². The van der Waals surface area contributed by atoms with Crippen LogP contribution in [0.15, 0.2) is 41.3 Å². The maximum Gasteiger partial charge on any atom is 0.238 e. The zero-order valence-electron chi connectivity index (χ0n) is 14.6. The van der Waals surface area contributed by atoms with Crippen LogP contribution < -0.4 is 9.88 Å². The Morgan fingerprint density at radius 1 is 1.07 bits per heavy atom. The molecule has 0 unspecified atom stereocenters. The van der Waals surface area contributed by atoms with E-state index >= 15 is 0 Å². The summed E-state index contributed by atoms with van der Waals surface area (Å²) in [6.45, 7) is 2.09. The number of primary sulfonamides is 1. The predicted molar refractivity (Wildman–Crippen MR) is 106 cm³/mol. The van der Waals surface area contributed by atoms with Crippen LogP contribution in [0.3, 0.4) is 0 Å². The topological polar surface area (TPSA) is 72.6 Å². The van der Waals surface area contributed by atoms with E-state index in [0.717, 1.165) is 25.1 Å². The second-order valence-electron chi connectivity index (χ2n) is 7.01. The average Bonchev–Trinajstić information content (AvgIpc) is 3.25. The van der Waals surface area contributed by atoms with Crippen LogP contribution in [0.5, 0.6) is 5.75 Å². The minimum Gasteiger partial charge on any atom is -0.481 e. The van der Waals surface area contributed by atoms with Gasteiger partial charge in [0.15, 0.2) is 5.75 Å². The first-order valence-corrected chi connectivity index (χ1v) is 11.1. The summed E-state index contributed by atoms with van der Waals surface area (Å²) < 4.78 is 29.5. The minimum absolute atomic E-state index is 0.132. The normalized spacial score (nSPS) is 22.8. The van der Waals surface area contributed by atoms with Gasteiger partial charge in [0.2, 0.25) is 10.0 Å². The summed E-state index contributed by atoms with van der Waals surface area (Å²) in [5, 5.41) is 5.45. The van der Waals surface area contributed by atoms with Crippen LogP contribution in [0, 0.1) is 0 Å². The third kappa shape index (κ3) is 3.69. The van der Waals surface area contributed by atoms with E-state index < -0.39 is 10.0 Å². The Kier molecular flexibility index (Phi) is 5.12. The minimum atomic E-state index is -3.90. The van der Waals surface area contributed by atoms with Crippen LogP contribution in [-0.2, 0) is 16.4 Å². The molecule has 1 aliphatic carbocycles. The van der Waals surface area contributed by atoms with Gasteiger partial charge in [-0.15, -0.1) is 0 Å². The summed E-state index contributed by atoms with van der Waals surface area (Å²) in [4.78, 5) is 2.32. The van der Waals surface area contributed by atoms with Gasteiger partial charge in [-0.25, -0.2) is 13.6 Å². The molecule has 2 aromatic rings. The second-order valence-corrected chi connectivity index (χ2v) is 9.39. The maximum absolute atomic E-state index is 11.6. The van der Waals surface area contributed by atoms with Gasteiger partial charge in [-0.05, 0) is 55.6 Å². The number of hydrogen-bond acceptors (Lipinski definition) is 4. The average molecular weight is 427 g/mol. The van der Waals surface area contributed by atoms with Crippen LogP contribution in [0.25, 0.3) is 0 Å². The van der Waals surface area contributed by atoms with Crippen molar-refractivity contribution in [2.24, 2.45) is 5.14 Å². The van der Waals surface area contributed by atoms with Gasteiger partial charge in [0.1, 0.15) is 6.10 Å². The molecular formula is C19H20Cl2N2O3S. The highest BCUT2D eigenvalue weighted by Crippen LogP contribution is 2.43. The van der Waals surface area contributed by atoms with Crippen molar-refractivity contribution in [2.75, 3.05) is 13.1 Å². The summed E-state index contributed by atoms with van der Waals surface area (Å²) in [5.41, 5.74) is 2.38. The fourth-order valence-corrected chi connectivity index (χ4v) is 5.28. The Labute approximate surface area is 169 Å². The van der Waals surface area contributed by atoms with Crippen molar-refractivity contribution < 1.29 is 13.2 Å². The van der Waals surface area contributed by atoms with Crippen molar-refractivity contribution in [1.29, 1.82) is 0 Å². The first-order valence-electron chi connectivity index (χ1n) is 8.85. The SMILES string of the molecule is NS(=O)(=O)c1cc(Cl)c(O[C@H]2c3ccccc3C[C@@H]2N2CCCC2)c(Cl)c1. The molecule has 1 saturated heterocycles. The van der Waals surface area contributed by atoms with Crippen LogP contribution in [-0.4, -0.2) is 32.4 Å². The fourth-order valence-electron chi connectivity index (χ4n) is 4.01. The zero-order chi connectivity index (χ0) is 19.2. The number of rotatable bonds is 4. The lowest BCUT2D eigenvalue weighted by Gasteiger charge is -2.30. The standard InChI is InChI=1S/C19H20Cl2N2O3S/c20-15-10-13(27(22,24)25)11-16(21)19(15)26-18-14-6-2-1-5-12(14)9-17(18)23-7-3-4-8-23/h1-2,5-6,10-11,17-18H,3-4,7-9H2,(H2,22,24,25)/t17-,18-/m0/s1. The molecule has 8 heteroatoms. The van der Waals surface area contributed by atoms with Gasteiger partial charge in [0, 0.05) is 0 Å². The van der Waals surface area contributed by atoms with Crippen LogP contribution in [0.2, 0.25) is 10.0 Å². The molecule has 0 amide bonds. The Morgan fingerprint density at radius 3 is 2.33 bits per heavy atom. The van der Waals surface area contributed by atoms with E-state index in [0.29, 0.717) is 0 Å². The van der Waals surface area contributed by atoms with E-state index in [1.54, 1.807) is 0 Å². The number of sulfonamides is 1. The molecule has 1 fully saturated rings. The third-order valence-corrected chi connectivity index (χ3v) is 6.75. The van der Waals surface area contributed by atoms with E-state index in [4.69, 9.17) is 33.1 Å². The predicted octanol–water partition coefficient (Wildman–Crippen LogP) is 3.78. The third-order valence-electron chi connectivity index (χ3n) is 5.29. The van der Waals surface area contributed by atoms with Crippen molar-refractivity contribution >= 4 is 33.2 Å². The van der Waals surface area contributed by atoms with Crippen LogP contribution in [0.4, 0.5) is 0 Å². The van der Waals surface area contributed by atoms with Gasteiger partial charge in [0.25, 0.3) is 0 Å². The molecule has 2 atom stereocenters. The van der Waals surface area contributed by atoms with Gasteiger partial charge in [0.05, 0.1) is 21.0 Å². The molecule has 0 radical (unpaired) electrons. The number of halogens is 2. The van der Waals surface area contributed by atoms with E-state index in [1.807, 2.05) is 12.1 Å². The number of fused-ring (bicyclic) bond motifs is 1. The van der Waals surface area contributed by atoms with E-state index in [1.165, 1.54) is 30.5 Å². The summed E-state index contributed by atoms with van der Waals surface area (Å²) >= 11 is 12.6. The maximum atomic E-state index is 11.6. The van der Waals surface area contributed by atoms with Crippen molar-refractivity contribution in [3.8, 4) is 5.75 Å². The van der Waals surface area contributed by atoms with Gasteiger partial charge in [-0.2, -0.15) is 0 Å². The van der Waals surface area contributed by atoms with Crippen molar-refractivity contribution in [2.45, 2.75) is 36.3 Å². The van der Waals surface area contributed by atoms with Crippen molar-refractivity contribution in [3.63, 3.8) is 0 Å². The molecule has 0 aromatic heterocycles. The molecule has 2 N–H and O–H groups in total. The molecular weight excluding hydrogens is 407 g/mol. The summed E-state index contributed by atoms with van der Waals surface area (Å²) in [6, 6.07) is 11.0.